The second kappa shape index (κ2) is 5.36. The van der Waals surface area contributed by atoms with Gasteiger partial charge >= 0.3 is 0 Å². The first-order valence-electron chi connectivity index (χ1n) is 7.47. The van der Waals surface area contributed by atoms with Gasteiger partial charge < -0.3 is 4.57 Å². The highest BCUT2D eigenvalue weighted by Crippen LogP contribution is 2.29. The number of aryl methyl sites for hydroxylation is 2. The van der Waals surface area contributed by atoms with Crippen LogP contribution in [0.4, 0.5) is 4.39 Å². The van der Waals surface area contributed by atoms with Crippen molar-refractivity contribution in [3.63, 3.8) is 0 Å². The van der Waals surface area contributed by atoms with Gasteiger partial charge in [-0.05, 0) is 42.5 Å². The van der Waals surface area contributed by atoms with Crippen LogP contribution in [-0.2, 0) is 13.5 Å². The van der Waals surface area contributed by atoms with E-state index in [9.17, 15) is 4.39 Å². The van der Waals surface area contributed by atoms with Crippen molar-refractivity contribution < 1.29 is 4.39 Å². The molecule has 1 aromatic heterocycles. The van der Waals surface area contributed by atoms with Crippen molar-refractivity contribution >= 4 is 10.9 Å². The summed E-state index contributed by atoms with van der Waals surface area (Å²) in [6.45, 7) is 0. The van der Waals surface area contributed by atoms with E-state index < -0.39 is 0 Å². The molecule has 1 aliphatic carbocycles. The largest absolute Gasteiger partial charge is 0.350 e. The summed E-state index contributed by atoms with van der Waals surface area (Å²) < 4.78 is 15.8. The first-order valence-corrected chi connectivity index (χ1v) is 7.47. The van der Waals surface area contributed by atoms with Gasteiger partial charge in [0.1, 0.15) is 5.82 Å². The summed E-state index contributed by atoms with van der Waals surface area (Å²) in [5, 5.41) is 1.03. The molecule has 0 atom stereocenters. The van der Waals surface area contributed by atoms with Crippen LogP contribution in [0.2, 0.25) is 0 Å². The van der Waals surface area contributed by atoms with Crippen molar-refractivity contribution in [2.75, 3.05) is 0 Å². The van der Waals surface area contributed by atoms with E-state index in [1.165, 1.54) is 49.6 Å². The Morgan fingerprint density at radius 3 is 2.79 bits per heavy atom. The standard InChI is InChI=1S/C17H22FN/c1-19-10-9-15-12-16(18)11-14(17(15)19)8-7-13-5-3-2-4-6-13/h9-13H,2-8H2,1H3. The maximum Gasteiger partial charge on any atom is 0.124 e. The summed E-state index contributed by atoms with van der Waals surface area (Å²) in [6, 6.07) is 5.37. The molecule has 1 saturated carbocycles. The van der Waals surface area contributed by atoms with E-state index in [4.69, 9.17) is 0 Å². The average molecular weight is 259 g/mol. The van der Waals surface area contributed by atoms with Gasteiger partial charge in [-0.1, -0.05) is 32.1 Å². The molecule has 102 valence electrons. The predicted octanol–water partition coefficient (Wildman–Crippen LogP) is 4.83. The Hall–Kier alpha value is -1.31. The van der Waals surface area contributed by atoms with Crippen LogP contribution in [0.3, 0.4) is 0 Å². The van der Waals surface area contributed by atoms with E-state index in [2.05, 4.69) is 4.57 Å². The van der Waals surface area contributed by atoms with Crippen LogP contribution in [-0.4, -0.2) is 4.57 Å². The third kappa shape index (κ3) is 2.68. The second-order valence-electron chi connectivity index (χ2n) is 5.97. The number of halogens is 1. The fourth-order valence-corrected chi connectivity index (χ4v) is 3.53. The lowest BCUT2D eigenvalue weighted by atomic mass is 9.85. The van der Waals surface area contributed by atoms with Crippen molar-refractivity contribution in [3.8, 4) is 0 Å². The van der Waals surface area contributed by atoms with Gasteiger partial charge in [-0.15, -0.1) is 0 Å². The monoisotopic (exact) mass is 259 g/mol. The molecule has 1 aliphatic rings. The van der Waals surface area contributed by atoms with Crippen LogP contribution >= 0.6 is 0 Å². The van der Waals surface area contributed by atoms with Crippen LogP contribution in [0.15, 0.2) is 24.4 Å². The molecule has 0 spiro atoms. The zero-order chi connectivity index (χ0) is 13.2. The molecule has 1 aromatic carbocycles. The minimum absolute atomic E-state index is 0.0997. The zero-order valence-electron chi connectivity index (χ0n) is 11.7. The van der Waals surface area contributed by atoms with Crippen molar-refractivity contribution in [1.29, 1.82) is 0 Å². The van der Waals surface area contributed by atoms with Gasteiger partial charge in [0, 0.05) is 18.6 Å². The van der Waals surface area contributed by atoms with Crippen LogP contribution < -0.4 is 0 Å². The molecule has 19 heavy (non-hydrogen) atoms. The fraction of sp³-hybridized carbons (Fsp3) is 0.529. The third-order valence-electron chi connectivity index (χ3n) is 4.56. The lowest BCUT2D eigenvalue weighted by molar-refractivity contribution is 0.339. The number of rotatable bonds is 3. The smallest absolute Gasteiger partial charge is 0.124 e. The summed E-state index contributed by atoms with van der Waals surface area (Å²) in [5.41, 5.74) is 2.38. The molecule has 1 fully saturated rings. The van der Waals surface area contributed by atoms with Gasteiger partial charge in [0.05, 0.1) is 5.52 Å². The van der Waals surface area contributed by atoms with E-state index >= 15 is 0 Å². The summed E-state index contributed by atoms with van der Waals surface area (Å²) in [6.07, 6.45) is 11.1. The van der Waals surface area contributed by atoms with E-state index in [1.54, 1.807) is 12.1 Å². The van der Waals surface area contributed by atoms with E-state index in [0.717, 1.165) is 17.7 Å². The minimum Gasteiger partial charge on any atom is -0.350 e. The van der Waals surface area contributed by atoms with Crippen LogP contribution in [0.25, 0.3) is 10.9 Å². The Morgan fingerprint density at radius 1 is 1.21 bits per heavy atom. The predicted molar refractivity (Wildman–Crippen MR) is 77.8 cm³/mol. The maximum absolute atomic E-state index is 13.7. The van der Waals surface area contributed by atoms with Crippen molar-refractivity contribution in [1.82, 2.24) is 4.57 Å². The molecule has 0 unspecified atom stereocenters. The van der Waals surface area contributed by atoms with Gasteiger partial charge in [0.25, 0.3) is 0 Å². The highest BCUT2D eigenvalue weighted by Gasteiger charge is 2.15. The second-order valence-corrected chi connectivity index (χ2v) is 5.97. The van der Waals surface area contributed by atoms with Gasteiger partial charge in [0.15, 0.2) is 0 Å². The molecule has 2 aromatic rings. The highest BCUT2D eigenvalue weighted by atomic mass is 19.1. The molecule has 2 heteroatoms. The summed E-state index contributed by atoms with van der Waals surface area (Å²) >= 11 is 0. The molecular weight excluding hydrogens is 237 g/mol. The third-order valence-corrected chi connectivity index (χ3v) is 4.56. The molecule has 1 nitrogen and oxygen atoms in total. The molecular formula is C17H22FN. The molecule has 1 heterocycles. The normalized spacial score (nSPS) is 17.2. The van der Waals surface area contributed by atoms with E-state index in [0.29, 0.717) is 0 Å². The lowest BCUT2D eigenvalue weighted by Crippen LogP contribution is -2.07. The topological polar surface area (TPSA) is 4.93 Å². The van der Waals surface area contributed by atoms with Gasteiger partial charge in [0.2, 0.25) is 0 Å². The Bertz CT molecular complexity index is 564. The van der Waals surface area contributed by atoms with E-state index in [1.807, 2.05) is 19.3 Å². The zero-order valence-corrected chi connectivity index (χ0v) is 11.7. The molecule has 0 N–H and O–H groups in total. The number of benzene rings is 1. The van der Waals surface area contributed by atoms with Crippen LogP contribution in [0, 0.1) is 11.7 Å². The Balaban J connectivity index is 1.81. The summed E-state index contributed by atoms with van der Waals surface area (Å²) in [5.74, 6) is 0.754. The van der Waals surface area contributed by atoms with Crippen molar-refractivity contribution in [2.45, 2.75) is 44.9 Å². The average Bonchev–Trinajstić information content (AvgIpc) is 2.79. The van der Waals surface area contributed by atoms with Crippen molar-refractivity contribution in [2.24, 2.45) is 13.0 Å². The summed E-state index contributed by atoms with van der Waals surface area (Å²) in [4.78, 5) is 0. The Kier molecular flexibility index (Phi) is 3.58. The number of hydrogen-bond acceptors (Lipinski definition) is 0. The van der Waals surface area contributed by atoms with Crippen LogP contribution in [0.1, 0.15) is 44.1 Å². The first-order chi connectivity index (χ1) is 9.24. The lowest BCUT2D eigenvalue weighted by Gasteiger charge is -2.21. The van der Waals surface area contributed by atoms with Gasteiger partial charge in [-0.25, -0.2) is 4.39 Å². The Morgan fingerprint density at radius 2 is 2.00 bits per heavy atom. The SMILES string of the molecule is Cn1ccc2cc(F)cc(CCC3CCCCC3)c21. The molecule has 3 rings (SSSR count). The molecule has 0 radical (unpaired) electrons. The van der Waals surface area contributed by atoms with Gasteiger partial charge in [-0.3, -0.25) is 0 Å². The maximum atomic E-state index is 13.7. The van der Waals surface area contributed by atoms with Gasteiger partial charge in [-0.2, -0.15) is 0 Å². The van der Waals surface area contributed by atoms with E-state index in [-0.39, 0.29) is 5.82 Å². The first kappa shape index (κ1) is 12.7. The fourth-order valence-electron chi connectivity index (χ4n) is 3.53. The summed E-state index contributed by atoms with van der Waals surface area (Å²) in [7, 11) is 2.05. The molecule has 0 bridgehead atoms. The molecule has 0 amide bonds. The Labute approximate surface area is 114 Å². The minimum atomic E-state index is -0.0997. The molecule has 0 aliphatic heterocycles. The molecule has 0 saturated heterocycles. The van der Waals surface area contributed by atoms with Crippen LogP contribution in [0.5, 0.6) is 0 Å². The number of nitrogens with zero attached hydrogens (tertiary/aromatic N) is 1. The quantitative estimate of drug-likeness (QED) is 0.744. The number of aromatic nitrogens is 1. The number of fused-ring (bicyclic) bond motifs is 1. The highest BCUT2D eigenvalue weighted by molar-refractivity contribution is 5.83. The van der Waals surface area contributed by atoms with Crippen molar-refractivity contribution in [3.05, 3.63) is 35.8 Å². The number of hydrogen-bond donors (Lipinski definition) is 0.